The van der Waals surface area contributed by atoms with E-state index in [0.717, 1.165) is 25.9 Å². The molecule has 0 spiro atoms. The van der Waals surface area contributed by atoms with Gasteiger partial charge in [-0.2, -0.15) is 0 Å². The number of nitrogens with zero attached hydrogens (tertiary/aromatic N) is 2. The number of piperidine rings is 1. The van der Waals surface area contributed by atoms with E-state index in [1.165, 1.54) is 12.1 Å². The van der Waals surface area contributed by atoms with Gasteiger partial charge in [0.15, 0.2) is 0 Å². The smallest absolute Gasteiger partial charge is 0.344 e. The number of carbonyl (C=O) groups excluding carboxylic acids is 2. The summed E-state index contributed by atoms with van der Waals surface area (Å²) in [6.45, 7) is 9.28. The SMILES string of the molecule is CNC(=O)c1c(NC)c(C(=O)OC(C)(C)C)c(N2CCC[C@H](C)C2)n1Cc1cc(F)ccc1Br. The lowest BCUT2D eigenvalue weighted by atomic mass is 10.00. The fourth-order valence-corrected chi connectivity index (χ4v) is 4.80. The monoisotopic (exact) mass is 536 g/mol. The van der Waals surface area contributed by atoms with Crippen molar-refractivity contribution in [2.24, 2.45) is 5.92 Å². The molecule has 1 aromatic carbocycles. The Balaban J connectivity index is 2.32. The van der Waals surface area contributed by atoms with Gasteiger partial charge in [0.25, 0.3) is 5.91 Å². The minimum atomic E-state index is -0.713. The lowest BCUT2D eigenvalue weighted by molar-refractivity contribution is 0.00712. The summed E-state index contributed by atoms with van der Waals surface area (Å²) in [5, 5.41) is 5.77. The molecular formula is C25H34BrFN4O3. The van der Waals surface area contributed by atoms with E-state index in [0.29, 0.717) is 38.7 Å². The van der Waals surface area contributed by atoms with Crippen molar-refractivity contribution in [3.05, 3.63) is 45.3 Å². The quantitative estimate of drug-likeness (QED) is 0.506. The van der Waals surface area contributed by atoms with Crippen molar-refractivity contribution < 1.29 is 18.7 Å². The number of rotatable bonds is 6. The number of nitrogens with one attached hydrogen (secondary N) is 2. The number of benzene rings is 1. The summed E-state index contributed by atoms with van der Waals surface area (Å²) in [6.07, 6.45) is 2.06. The molecule has 0 aliphatic carbocycles. The molecule has 34 heavy (non-hydrogen) atoms. The highest BCUT2D eigenvalue weighted by molar-refractivity contribution is 9.10. The van der Waals surface area contributed by atoms with Crippen molar-refractivity contribution >= 4 is 39.3 Å². The van der Waals surface area contributed by atoms with Crippen LogP contribution in [-0.2, 0) is 11.3 Å². The largest absolute Gasteiger partial charge is 0.456 e. The number of hydrogen-bond donors (Lipinski definition) is 2. The van der Waals surface area contributed by atoms with Gasteiger partial charge in [0, 0.05) is 31.7 Å². The zero-order valence-electron chi connectivity index (χ0n) is 20.7. The minimum Gasteiger partial charge on any atom is -0.456 e. The molecule has 7 nitrogen and oxygen atoms in total. The number of ether oxygens (including phenoxy) is 1. The summed E-state index contributed by atoms with van der Waals surface area (Å²) in [7, 11) is 3.23. The first kappa shape index (κ1) is 26.1. The molecule has 1 aliphatic rings. The highest BCUT2D eigenvalue weighted by Crippen LogP contribution is 2.39. The maximum Gasteiger partial charge on any atom is 0.344 e. The summed E-state index contributed by atoms with van der Waals surface area (Å²) < 4.78 is 22.4. The predicted octanol–water partition coefficient (Wildman–Crippen LogP) is 5.03. The Labute approximate surface area is 209 Å². The Morgan fingerprint density at radius 1 is 1.26 bits per heavy atom. The summed E-state index contributed by atoms with van der Waals surface area (Å²) in [4.78, 5) is 28.8. The first-order valence-corrected chi connectivity index (χ1v) is 12.3. The van der Waals surface area contributed by atoms with Crippen LogP contribution < -0.4 is 15.5 Å². The average Bonchev–Trinajstić information content (AvgIpc) is 3.08. The van der Waals surface area contributed by atoms with E-state index in [-0.39, 0.29) is 18.3 Å². The van der Waals surface area contributed by atoms with Crippen molar-refractivity contribution in [1.82, 2.24) is 9.88 Å². The zero-order chi connectivity index (χ0) is 25.2. The van der Waals surface area contributed by atoms with Crippen molar-refractivity contribution in [2.75, 3.05) is 37.4 Å². The maximum absolute atomic E-state index is 14.1. The molecule has 1 aromatic heterocycles. The Bertz CT molecular complexity index is 1080. The van der Waals surface area contributed by atoms with E-state index in [2.05, 4.69) is 38.4 Å². The van der Waals surface area contributed by atoms with Gasteiger partial charge in [0.05, 0.1) is 12.2 Å². The van der Waals surface area contributed by atoms with Crippen LogP contribution in [0.25, 0.3) is 0 Å². The van der Waals surface area contributed by atoms with Crippen molar-refractivity contribution in [2.45, 2.75) is 52.7 Å². The fraction of sp³-hybridized carbons (Fsp3) is 0.520. The van der Waals surface area contributed by atoms with Crippen LogP contribution in [-0.4, -0.2) is 49.2 Å². The van der Waals surface area contributed by atoms with Gasteiger partial charge in [-0.25, -0.2) is 9.18 Å². The molecule has 0 bridgehead atoms. The van der Waals surface area contributed by atoms with Gasteiger partial charge in [0.2, 0.25) is 0 Å². The van der Waals surface area contributed by atoms with Crippen LogP contribution in [0.15, 0.2) is 22.7 Å². The van der Waals surface area contributed by atoms with E-state index < -0.39 is 11.6 Å². The van der Waals surface area contributed by atoms with Gasteiger partial charge in [-0.15, -0.1) is 0 Å². The van der Waals surface area contributed by atoms with Crippen LogP contribution in [0.3, 0.4) is 0 Å². The second-order valence-corrected chi connectivity index (χ2v) is 10.6. The third-order valence-corrected chi connectivity index (χ3v) is 6.60. The van der Waals surface area contributed by atoms with E-state index >= 15 is 0 Å². The first-order chi connectivity index (χ1) is 16.0. The number of carbonyl (C=O) groups is 2. The Morgan fingerprint density at radius 3 is 2.56 bits per heavy atom. The van der Waals surface area contributed by atoms with Crippen LogP contribution in [0.4, 0.5) is 15.9 Å². The van der Waals surface area contributed by atoms with Gasteiger partial charge in [-0.05, 0) is 63.3 Å². The molecule has 2 heterocycles. The van der Waals surface area contributed by atoms with Crippen LogP contribution in [0.5, 0.6) is 0 Å². The molecule has 0 unspecified atom stereocenters. The molecule has 1 fully saturated rings. The molecule has 0 radical (unpaired) electrons. The van der Waals surface area contributed by atoms with Gasteiger partial charge < -0.3 is 24.8 Å². The molecule has 1 atom stereocenters. The maximum atomic E-state index is 14.1. The van der Waals surface area contributed by atoms with Crippen LogP contribution >= 0.6 is 15.9 Å². The molecule has 1 aliphatic heterocycles. The number of amides is 1. The Morgan fingerprint density at radius 2 is 1.97 bits per heavy atom. The number of hydrogen-bond acceptors (Lipinski definition) is 5. The molecule has 1 amide bonds. The number of esters is 1. The van der Waals surface area contributed by atoms with Crippen molar-refractivity contribution in [3.63, 3.8) is 0 Å². The predicted molar refractivity (Wildman–Crippen MR) is 136 cm³/mol. The third kappa shape index (κ3) is 5.56. The number of anilines is 2. The summed E-state index contributed by atoms with van der Waals surface area (Å²) >= 11 is 3.51. The van der Waals surface area contributed by atoms with Gasteiger partial charge in [-0.1, -0.05) is 22.9 Å². The molecule has 9 heteroatoms. The standard InChI is InChI=1S/C25H34BrFN4O3/c1-15-8-7-11-30(13-15)23-19(24(33)34-25(2,3)4)20(28-5)21(22(32)29-6)31(23)14-16-12-17(27)9-10-18(16)26/h9-10,12,15,28H,7-8,11,13-14H2,1-6H3,(H,29,32)/t15-/m0/s1. The Hall–Kier alpha value is -2.55. The van der Waals surface area contributed by atoms with Crippen molar-refractivity contribution in [3.8, 4) is 0 Å². The Kier molecular flexibility index (Phi) is 7.95. The van der Waals surface area contributed by atoms with E-state index in [9.17, 15) is 14.0 Å². The van der Waals surface area contributed by atoms with Crippen molar-refractivity contribution in [1.29, 1.82) is 0 Å². The second-order valence-electron chi connectivity index (χ2n) is 9.77. The third-order valence-electron chi connectivity index (χ3n) is 5.82. The van der Waals surface area contributed by atoms with Gasteiger partial charge in [-0.3, -0.25) is 4.79 Å². The lowest BCUT2D eigenvalue weighted by Crippen LogP contribution is -2.37. The highest BCUT2D eigenvalue weighted by Gasteiger charge is 2.36. The van der Waals surface area contributed by atoms with Crippen LogP contribution in [0.2, 0.25) is 0 Å². The summed E-state index contributed by atoms with van der Waals surface area (Å²) in [5.74, 6) is -0.197. The molecule has 1 saturated heterocycles. The molecule has 186 valence electrons. The van der Waals surface area contributed by atoms with E-state index in [1.54, 1.807) is 20.2 Å². The molecular weight excluding hydrogens is 503 g/mol. The molecule has 2 N–H and O–H groups in total. The fourth-order valence-electron chi connectivity index (χ4n) is 4.43. The molecule has 0 saturated carbocycles. The lowest BCUT2D eigenvalue weighted by Gasteiger charge is -2.34. The van der Waals surface area contributed by atoms with Crippen LogP contribution in [0, 0.1) is 11.7 Å². The summed E-state index contributed by atoms with van der Waals surface area (Å²) in [6, 6.07) is 4.46. The van der Waals surface area contributed by atoms with Gasteiger partial charge in [0.1, 0.15) is 28.5 Å². The normalized spacial score (nSPS) is 16.4. The first-order valence-electron chi connectivity index (χ1n) is 11.5. The van der Waals surface area contributed by atoms with Crippen LogP contribution in [0.1, 0.15) is 66.9 Å². The number of halogens is 2. The number of aromatic nitrogens is 1. The topological polar surface area (TPSA) is 75.6 Å². The van der Waals surface area contributed by atoms with Gasteiger partial charge >= 0.3 is 5.97 Å². The average molecular weight is 537 g/mol. The van der Waals surface area contributed by atoms with E-state index in [4.69, 9.17) is 4.74 Å². The highest BCUT2D eigenvalue weighted by atomic mass is 79.9. The zero-order valence-corrected chi connectivity index (χ0v) is 22.3. The minimum absolute atomic E-state index is 0.193. The molecule has 3 rings (SSSR count). The second kappa shape index (κ2) is 10.4. The van der Waals surface area contributed by atoms with E-state index in [1.807, 2.05) is 25.3 Å². The summed E-state index contributed by atoms with van der Waals surface area (Å²) in [5.41, 5.74) is 0.960. The molecule has 2 aromatic rings.